The number of carbonyl (C=O) groups excluding carboxylic acids is 1. The molecule has 0 radical (unpaired) electrons. The summed E-state index contributed by atoms with van der Waals surface area (Å²) < 4.78 is 0. The van der Waals surface area contributed by atoms with Crippen molar-refractivity contribution >= 4 is 12.1 Å². The Morgan fingerprint density at radius 2 is 1.52 bits per heavy atom. The van der Waals surface area contributed by atoms with E-state index in [0.717, 1.165) is 17.5 Å². The van der Waals surface area contributed by atoms with Crippen molar-refractivity contribution < 1.29 is 9.90 Å². The van der Waals surface area contributed by atoms with E-state index in [2.05, 4.69) is 72.9 Å². The number of hydrazone groups is 1. The fourth-order valence-corrected chi connectivity index (χ4v) is 3.93. The van der Waals surface area contributed by atoms with E-state index in [9.17, 15) is 9.90 Å². The number of hydrogen-bond donors (Lipinski definition) is 2. The van der Waals surface area contributed by atoms with Crippen LogP contribution >= 0.6 is 0 Å². The second-order valence-corrected chi connectivity index (χ2v) is 7.75. The van der Waals surface area contributed by atoms with Crippen LogP contribution in [0.3, 0.4) is 0 Å². The summed E-state index contributed by atoms with van der Waals surface area (Å²) in [5.74, 6) is -0.169. The molecule has 1 atom stereocenters. The number of rotatable bonds is 5. The molecule has 0 aromatic heterocycles. The van der Waals surface area contributed by atoms with Gasteiger partial charge in [-0.05, 0) is 43.5 Å². The zero-order valence-corrected chi connectivity index (χ0v) is 16.6. The minimum atomic E-state index is -0.324. The van der Waals surface area contributed by atoms with Crippen molar-refractivity contribution in [3.63, 3.8) is 0 Å². The van der Waals surface area contributed by atoms with E-state index in [4.69, 9.17) is 0 Å². The molecule has 1 amide bonds. The van der Waals surface area contributed by atoms with E-state index in [1.54, 1.807) is 18.2 Å². The molecule has 1 aliphatic rings. The minimum absolute atomic E-state index is 0.113. The lowest BCUT2D eigenvalue weighted by molar-refractivity contribution is -0.122. The van der Waals surface area contributed by atoms with Gasteiger partial charge in [0, 0.05) is 11.0 Å². The molecule has 1 fully saturated rings. The summed E-state index contributed by atoms with van der Waals surface area (Å²) in [6.45, 7) is 4.13. The van der Waals surface area contributed by atoms with E-state index in [1.807, 2.05) is 6.07 Å². The quantitative estimate of drug-likeness (QED) is 0.504. The van der Waals surface area contributed by atoms with Crippen LogP contribution in [0.5, 0.6) is 5.75 Å². The Morgan fingerprint density at radius 1 is 0.966 bits per heavy atom. The first kappa shape index (κ1) is 18.9. The number of nitrogens with zero attached hydrogens (tertiary/aromatic N) is 1. The Labute approximate surface area is 170 Å². The number of phenols is 1. The van der Waals surface area contributed by atoms with Crippen LogP contribution in [0.1, 0.15) is 34.2 Å². The Hall–Kier alpha value is -3.40. The normalized spacial score (nSPS) is 17.2. The third-order valence-corrected chi connectivity index (χ3v) is 5.73. The smallest absolute Gasteiger partial charge is 0.244 e. The number of para-hydroxylation sites is 1. The summed E-state index contributed by atoms with van der Waals surface area (Å²) in [4.78, 5) is 12.9. The summed E-state index contributed by atoms with van der Waals surface area (Å²) >= 11 is 0. The predicted molar refractivity (Wildman–Crippen MR) is 115 cm³/mol. The molecular weight excluding hydrogens is 360 g/mol. The molecule has 0 heterocycles. The first-order chi connectivity index (χ1) is 14.0. The van der Waals surface area contributed by atoms with Crippen LogP contribution < -0.4 is 5.43 Å². The molecule has 4 rings (SSSR count). The van der Waals surface area contributed by atoms with Gasteiger partial charge in [-0.3, -0.25) is 4.79 Å². The van der Waals surface area contributed by atoms with Crippen LogP contribution in [0.15, 0.2) is 77.9 Å². The Kier molecular flexibility index (Phi) is 4.93. The van der Waals surface area contributed by atoms with Crippen molar-refractivity contribution in [1.82, 2.24) is 5.43 Å². The van der Waals surface area contributed by atoms with Crippen LogP contribution in [0.4, 0.5) is 0 Å². The van der Waals surface area contributed by atoms with Gasteiger partial charge < -0.3 is 5.11 Å². The lowest BCUT2D eigenvalue weighted by Crippen LogP contribution is -2.25. The van der Waals surface area contributed by atoms with Crippen LogP contribution in [-0.2, 0) is 10.2 Å². The summed E-state index contributed by atoms with van der Waals surface area (Å²) in [6.07, 6.45) is 2.21. The van der Waals surface area contributed by atoms with Crippen LogP contribution in [0.2, 0.25) is 0 Å². The number of carbonyl (C=O) groups is 1. The summed E-state index contributed by atoms with van der Waals surface area (Å²) in [5.41, 5.74) is 7.59. The van der Waals surface area contributed by atoms with Gasteiger partial charge in [0.25, 0.3) is 0 Å². The number of amides is 1. The van der Waals surface area contributed by atoms with Crippen molar-refractivity contribution in [3.05, 3.63) is 101 Å². The molecule has 2 N–H and O–H groups in total. The Balaban J connectivity index is 1.58. The van der Waals surface area contributed by atoms with Crippen LogP contribution in [0, 0.1) is 19.8 Å². The SMILES string of the molecule is Cc1ccc(C2(c3ccc(C)cc3)C[C@H]2C(=O)N/N=C/c2ccccc2O)cc1. The molecule has 1 aliphatic carbocycles. The number of nitrogens with one attached hydrogen (secondary N) is 1. The molecule has 0 aliphatic heterocycles. The third kappa shape index (κ3) is 3.66. The van der Waals surface area contributed by atoms with Gasteiger partial charge in [0.15, 0.2) is 0 Å². The van der Waals surface area contributed by atoms with E-state index < -0.39 is 0 Å². The van der Waals surface area contributed by atoms with Crippen molar-refractivity contribution in [2.75, 3.05) is 0 Å². The molecule has 4 heteroatoms. The van der Waals surface area contributed by atoms with Crippen molar-refractivity contribution in [1.29, 1.82) is 0 Å². The molecule has 146 valence electrons. The topological polar surface area (TPSA) is 61.7 Å². The van der Waals surface area contributed by atoms with Gasteiger partial charge in [0.05, 0.1) is 12.1 Å². The molecule has 4 nitrogen and oxygen atoms in total. The van der Waals surface area contributed by atoms with Gasteiger partial charge in [0.2, 0.25) is 5.91 Å². The molecular formula is C25H24N2O2. The highest BCUT2D eigenvalue weighted by Gasteiger charge is 2.60. The molecule has 0 unspecified atom stereocenters. The summed E-state index contributed by atoms with van der Waals surface area (Å²) in [6, 6.07) is 23.7. The number of aromatic hydroxyl groups is 1. The van der Waals surface area contributed by atoms with Crippen molar-refractivity contribution in [2.24, 2.45) is 11.0 Å². The van der Waals surface area contributed by atoms with E-state index in [1.165, 1.54) is 17.3 Å². The van der Waals surface area contributed by atoms with Gasteiger partial charge in [-0.15, -0.1) is 0 Å². The zero-order valence-electron chi connectivity index (χ0n) is 16.6. The highest BCUT2D eigenvalue weighted by molar-refractivity contribution is 5.88. The maximum atomic E-state index is 12.9. The van der Waals surface area contributed by atoms with Crippen LogP contribution in [-0.4, -0.2) is 17.2 Å². The van der Waals surface area contributed by atoms with Crippen LogP contribution in [0.25, 0.3) is 0 Å². The standard InChI is InChI=1S/C25H24N2O2/c1-17-7-11-20(12-8-17)25(21-13-9-18(2)10-14-21)15-22(25)24(29)27-26-16-19-5-3-4-6-23(19)28/h3-14,16,22,28H,15H2,1-2H3,(H,27,29)/b26-16+/t22-/m0/s1. The van der Waals surface area contributed by atoms with E-state index in [0.29, 0.717) is 5.56 Å². The van der Waals surface area contributed by atoms with Crippen molar-refractivity contribution in [2.45, 2.75) is 25.7 Å². The number of aryl methyl sites for hydroxylation is 2. The molecule has 3 aromatic rings. The molecule has 0 saturated heterocycles. The Morgan fingerprint density at radius 3 is 2.07 bits per heavy atom. The lowest BCUT2D eigenvalue weighted by atomic mass is 9.85. The highest BCUT2D eigenvalue weighted by Crippen LogP contribution is 2.59. The summed E-state index contributed by atoms with van der Waals surface area (Å²) in [5, 5.41) is 13.9. The van der Waals surface area contributed by atoms with Crippen molar-refractivity contribution in [3.8, 4) is 5.75 Å². The second-order valence-electron chi connectivity index (χ2n) is 7.75. The fourth-order valence-electron chi connectivity index (χ4n) is 3.93. The van der Waals surface area contributed by atoms with Gasteiger partial charge >= 0.3 is 0 Å². The summed E-state index contributed by atoms with van der Waals surface area (Å²) in [7, 11) is 0. The third-order valence-electron chi connectivity index (χ3n) is 5.73. The monoisotopic (exact) mass is 384 g/mol. The Bertz CT molecular complexity index is 1010. The van der Waals surface area contributed by atoms with Gasteiger partial charge in [-0.1, -0.05) is 71.8 Å². The largest absolute Gasteiger partial charge is 0.507 e. The average Bonchev–Trinajstić information content (AvgIpc) is 3.47. The van der Waals surface area contributed by atoms with Gasteiger partial charge in [-0.25, -0.2) is 5.43 Å². The fraction of sp³-hybridized carbons (Fsp3) is 0.200. The van der Waals surface area contributed by atoms with Gasteiger partial charge in [0.1, 0.15) is 5.75 Å². The zero-order chi connectivity index (χ0) is 20.4. The molecule has 29 heavy (non-hydrogen) atoms. The first-order valence-electron chi connectivity index (χ1n) is 9.76. The number of phenolic OH excluding ortho intramolecular Hbond substituents is 1. The minimum Gasteiger partial charge on any atom is -0.507 e. The number of hydrogen-bond acceptors (Lipinski definition) is 3. The van der Waals surface area contributed by atoms with Gasteiger partial charge in [-0.2, -0.15) is 5.10 Å². The number of benzene rings is 3. The van der Waals surface area contributed by atoms with E-state index >= 15 is 0 Å². The lowest BCUT2D eigenvalue weighted by Gasteiger charge is -2.19. The molecule has 0 bridgehead atoms. The highest BCUT2D eigenvalue weighted by atomic mass is 16.3. The maximum absolute atomic E-state index is 12.9. The second kappa shape index (κ2) is 7.55. The average molecular weight is 384 g/mol. The maximum Gasteiger partial charge on any atom is 0.244 e. The predicted octanol–water partition coefficient (Wildman–Crippen LogP) is 4.47. The molecule has 3 aromatic carbocycles. The molecule has 0 spiro atoms. The first-order valence-corrected chi connectivity index (χ1v) is 9.76. The van der Waals surface area contributed by atoms with E-state index in [-0.39, 0.29) is 23.0 Å². The molecule has 1 saturated carbocycles.